The van der Waals surface area contributed by atoms with Crippen LogP contribution in [0.3, 0.4) is 0 Å². The third kappa shape index (κ3) is 3.12. The van der Waals surface area contributed by atoms with E-state index in [-0.39, 0.29) is 17.8 Å². The maximum absolute atomic E-state index is 13.0. The number of carbonyl (C=O) groups is 1. The lowest BCUT2D eigenvalue weighted by Crippen LogP contribution is -2.32. The van der Waals surface area contributed by atoms with Crippen LogP contribution in [0.2, 0.25) is 0 Å². The number of aromatic nitrogens is 1. The second-order valence-electron chi connectivity index (χ2n) is 5.47. The lowest BCUT2D eigenvalue weighted by Gasteiger charge is -2.17. The zero-order chi connectivity index (χ0) is 16.4. The van der Waals surface area contributed by atoms with E-state index < -0.39 is 4.75 Å². The smallest absolute Gasteiger partial charge is 0.248 e. The van der Waals surface area contributed by atoms with Crippen LogP contribution in [0.15, 0.2) is 53.7 Å². The van der Waals surface area contributed by atoms with Crippen LogP contribution in [-0.2, 0) is 9.54 Å². The molecule has 1 saturated heterocycles. The summed E-state index contributed by atoms with van der Waals surface area (Å²) in [6.45, 7) is 3.74. The highest BCUT2D eigenvalue weighted by atomic mass is 32.2. The number of carbonyl (C=O) groups excluding carboxylic acids is 1. The highest BCUT2D eigenvalue weighted by molar-refractivity contribution is 8.15. The first-order valence-corrected chi connectivity index (χ1v) is 8.06. The van der Waals surface area contributed by atoms with E-state index in [0.717, 1.165) is 5.56 Å². The summed E-state index contributed by atoms with van der Waals surface area (Å²) in [5.74, 6) is -0.411. The number of amides is 1. The van der Waals surface area contributed by atoms with Crippen molar-refractivity contribution in [3.05, 3.63) is 65.7 Å². The molecule has 0 unspecified atom stereocenters. The van der Waals surface area contributed by atoms with E-state index >= 15 is 0 Å². The van der Waals surface area contributed by atoms with Crippen molar-refractivity contribution < 1.29 is 9.18 Å². The number of hydrogen-bond acceptors (Lipinski definition) is 4. The highest BCUT2D eigenvalue weighted by Gasteiger charge is 2.45. The molecule has 1 fully saturated rings. The molecule has 1 N–H and O–H groups in total. The SMILES string of the molecule is C[C@H](N=C1NC(=O)[C@@](C)(c2ccccn2)S1)c1ccc(F)cc1. The van der Waals surface area contributed by atoms with Crippen molar-refractivity contribution in [1.82, 2.24) is 10.3 Å². The first-order valence-electron chi connectivity index (χ1n) is 7.24. The predicted octanol–water partition coefficient (Wildman–Crippen LogP) is 3.42. The number of rotatable bonds is 3. The number of benzene rings is 1. The monoisotopic (exact) mass is 329 g/mol. The van der Waals surface area contributed by atoms with Gasteiger partial charge in [0.15, 0.2) is 5.17 Å². The topological polar surface area (TPSA) is 54.4 Å². The lowest BCUT2D eigenvalue weighted by atomic mass is 10.1. The van der Waals surface area contributed by atoms with Crippen molar-refractivity contribution in [3.8, 4) is 0 Å². The molecule has 4 nitrogen and oxygen atoms in total. The fraction of sp³-hybridized carbons (Fsp3) is 0.235. The van der Waals surface area contributed by atoms with E-state index in [1.54, 1.807) is 18.3 Å². The van der Waals surface area contributed by atoms with Gasteiger partial charge in [-0.15, -0.1) is 0 Å². The molecule has 2 heterocycles. The zero-order valence-corrected chi connectivity index (χ0v) is 13.6. The van der Waals surface area contributed by atoms with Gasteiger partial charge in [-0.2, -0.15) is 0 Å². The Kier molecular flexibility index (Phi) is 4.17. The van der Waals surface area contributed by atoms with Gasteiger partial charge in [-0.1, -0.05) is 30.0 Å². The lowest BCUT2D eigenvalue weighted by molar-refractivity contribution is -0.121. The number of amidine groups is 1. The highest BCUT2D eigenvalue weighted by Crippen LogP contribution is 2.40. The summed E-state index contributed by atoms with van der Waals surface area (Å²) in [6.07, 6.45) is 1.67. The Balaban J connectivity index is 1.83. The van der Waals surface area contributed by atoms with E-state index in [2.05, 4.69) is 15.3 Å². The molecule has 1 aliphatic rings. The van der Waals surface area contributed by atoms with Crippen molar-refractivity contribution in [2.75, 3.05) is 0 Å². The van der Waals surface area contributed by atoms with Crippen LogP contribution < -0.4 is 5.32 Å². The maximum atomic E-state index is 13.0. The molecular formula is C17H16FN3OS. The van der Waals surface area contributed by atoms with Gasteiger partial charge in [0.1, 0.15) is 10.6 Å². The van der Waals surface area contributed by atoms with E-state index in [9.17, 15) is 9.18 Å². The van der Waals surface area contributed by atoms with Gasteiger partial charge in [-0.05, 0) is 43.7 Å². The summed E-state index contributed by atoms with van der Waals surface area (Å²) in [7, 11) is 0. The minimum absolute atomic E-state index is 0.133. The standard InChI is InChI=1S/C17H16FN3OS/c1-11(12-6-8-13(18)9-7-12)20-16-21-15(22)17(2,23-16)14-5-3-4-10-19-14/h3-11H,1-2H3,(H,20,21,22)/t11-,17+/m0/s1. The van der Waals surface area contributed by atoms with Crippen molar-refractivity contribution in [3.63, 3.8) is 0 Å². The van der Waals surface area contributed by atoms with Gasteiger partial charge >= 0.3 is 0 Å². The van der Waals surface area contributed by atoms with Crippen molar-refractivity contribution in [2.24, 2.45) is 4.99 Å². The molecule has 2 aromatic rings. The molecule has 0 spiro atoms. The molecule has 1 aliphatic heterocycles. The minimum atomic E-state index is -0.789. The largest absolute Gasteiger partial charge is 0.304 e. The van der Waals surface area contributed by atoms with Gasteiger partial charge in [0.25, 0.3) is 0 Å². The third-order valence-corrected chi connectivity index (χ3v) is 4.98. The zero-order valence-electron chi connectivity index (χ0n) is 12.8. The molecular weight excluding hydrogens is 313 g/mol. The average molecular weight is 329 g/mol. The van der Waals surface area contributed by atoms with Gasteiger partial charge in [-0.3, -0.25) is 14.8 Å². The Bertz CT molecular complexity index is 748. The molecule has 3 rings (SSSR count). The fourth-order valence-corrected chi connectivity index (χ4v) is 3.46. The number of nitrogens with zero attached hydrogens (tertiary/aromatic N) is 2. The van der Waals surface area contributed by atoms with Gasteiger partial charge in [0.05, 0.1) is 11.7 Å². The summed E-state index contributed by atoms with van der Waals surface area (Å²) in [5, 5.41) is 3.37. The number of nitrogens with one attached hydrogen (secondary N) is 1. The van der Waals surface area contributed by atoms with Crippen LogP contribution in [0, 0.1) is 5.82 Å². The predicted molar refractivity (Wildman–Crippen MR) is 89.6 cm³/mol. The van der Waals surface area contributed by atoms with Crippen molar-refractivity contribution >= 4 is 22.8 Å². The number of aliphatic imine (C=N–C) groups is 1. The molecule has 1 amide bonds. The molecule has 1 aromatic carbocycles. The van der Waals surface area contributed by atoms with Crippen LogP contribution >= 0.6 is 11.8 Å². The van der Waals surface area contributed by atoms with E-state index in [1.807, 2.05) is 32.0 Å². The number of halogens is 1. The summed E-state index contributed by atoms with van der Waals surface area (Å²) < 4.78 is 12.2. The second-order valence-corrected chi connectivity index (χ2v) is 6.87. The van der Waals surface area contributed by atoms with Crippen LogP contribution in [0.4, 0.5) is 4.39 Å². The van der Waals surface area contributed by atoms with Crippen molar-refractivity contribution in [1.29, 1.82) is 0 Å². The van der Waals surface area contributed by atoms with Crippen LogP contribution in [-0.4, -0.2) is 16.1 Å². The average Bonchev–Trinajstić information content (AvgIpc) is 2.84. The van der Waals surface area contributed by atoms with Gasteiger partial charge < -0.3 is 5.32 Å². The Morgan fingerprint density at radius 3 is 2.65 bits per heavy atom. The van der Waals surface area contributed by atoms with Gasteiger partial charge in [0.2, 0.25) is 5.91 Å². The van der Waals surface area contributed by atoms with Crippen LogP contribution in [0.1, 0.15) is 31.1 Å². The number of pyridine rings is 1. The minimum Gasteiger partial charge on any atom is -0.304 e. The fourth-order valence-electron chi connectivity index (χ4n) is 2.35. The summed E-state index contributed by atoms with van der Waals surface area (Å²) >= 11 is 1.35. The molecule has 0 aliphatic carbocycles. The molecule has 6 heteroatoms. The molecule has 0 radical (unpaired) electrons. The molecule has 2 atom stereocenters. The van der Waals surface area contributed by atoms with E-state index in [1.165, 1.54) is 23.9 Å². The first-order chi connectivity index (χ1) is 11.0. The Labute approximate surface area is 138 Å². The molecule has 23 heavy (non-hydrogen) atoms. The number of hydrogen-bond donors (Lipinski definition) is 1. The third-order valence-electron chi connectivity index (χ3n) is 3.77. The number of thioether (sulfide) groups is 1. The first kappa shape index (κ1) is 15.7. The van der Waals surface area contributed by atoms with E-state index in [0.29, 0.717) is 10.9 Å². The Morgan fingerprint density at radius 1 is 1.26 bits per heavy atom. The maximum Gasteiger partial charge on any atom is 0.248 e. The molecule has 1 aromatic heterocycles. The van der Waals surface area contributed by atoms with Gasteiger partial charge in [0, 0.05) is 6.20 Å². The summed E-state index contributed by atoms with van der Waals surface area (Å²) in [6, 6.07) is 11.5. The van der Waals surface area contributed by atoms with E-state index in [4.69, 9.17) is 0 Å². The summed E-state index contributed by atoms with van der Waals surface area (Å²) in [4.78, 5) is 21.2. The summed E-state index contributed by atoms with van der Waals surface area (Å²) in [5.41, 5.74) is 1.59. The van der Waals surface area contributed by atoms with Crippen LogP contribution in [0.25, 0.3) is 0 Å². The normalized spacial score (nSPS) is 23.8. The van der Waals surface area contributed by atoms with Crippen LogP contribution in [0.5, 0.6) is 0 Å². The Hall–Kier alpha value is -2.21. The molecule has 118 valence electrons. The van der Waals surface area contributed by atoms with Crippen molar-refractivity contribution in [2.45, 2.75) is 24.6 Å². The molecule has 0 bridgehead atoms. The van der Waals surface area contributed by atoms with Gasteiger partial charge in [-0.25, -0.2) is 4.39 Å². The Morgan fingerprint density at radius 2 is 2.00 bits per heavy atom. The second kappa shape index (κ2) is 6.12. The quantitative estimate of drug-likeness (QED) is 0.939. The molecule has 0 saturated carbocycles.